The second kappa shape index (κ2) is 5.21. The molecule has 14 heavy (non-hydrogen) atoms. The van der Waals surface area contributed by atoms with Crippen molar-refractivity contribution in [1.29, 1.82) is 0 Å². The molecule has 0 fully saturated rings. The third-order valence-corrected chi connectivity index (χ3v) is 2.32. The van der Waals surface area contributed by atoms with Crippen LogP contribution in [-0.4, -0.2) is 22.1 Å². The van der Waals surface area contributed by atoms with E-state index in [1.54, 1.807) is 24.3 Å². The van der Waals surface area contributed by atoms with E-state index in [9.17, 15) is 10.2 Å². The summed E-state index contributed by atoms with van der Waals surface area (Å²) in [6.07, 6.45) is -1.80. The first-order chi connectivity index (χ1) is 6.69. The number of hydrogen-bond donors (Lipinski definition) is 5. The minimum atomic E-state index is -0.930. The Labute approximate surface area is 88.1 Å². The Balaban J connectivity index is 2.83. The monoisotopic (exact) mass is 214 g/mol. The lowest BCUT2D eigenvalue weighted by Gasteiger charge is -2.16. The Morgan fingerprint density at radius 1 is 1.43 bits per heavy atom. The molecular formula is C9H14N2O2S. The number of aliphatic hydroxyl groups is 2. The predicted octanol–water partition coefficient (Wildman–Crippen LogP) is 0.296. The number of nitrogens with two attached hydrogens (primary N) is 1. The van der Waals surface area contributed by atoms with Crippen LogP contribution in [0.5, 0.6) is 0 Å². The van der Waals surface area contributed by atoms with Gasteiger partial charge in [0.1, 0.15) is 6.10 Å². The standard InChI is InChI=1S/C9H14N2O2S/c10-11-7-3-1-2-6(4-7)9(13)8(12)5-14/h1-4,8-9,11-14H,5,10H2. The maximum atomic E-state index is 9.64. The SMILES string of the molecule is NNc1cccc(C(O)C(O)CS)c1. The molecule has 78 valence electrons. The van der Waals surface area contributed by atoms with Gasteiger partial charge < -0.3 is 15.6 Å². The van der Waals surface area contributed by atoms with Gasteiger partial charge >= 0.3 is 0 Å². The van der Waals surface area contributed by atoms with Crippen molar-refractivity contribution in [1.82, 2.24) is 0 Å². The molecule has 1 aromatic carbocycles. The molecule has 0 saturated carbocycles. The number of aliphatic hydroxyl groups excluding tert-OH is 2. The Morgan fingerprint density at radius 2 is 2.14 bits per heavy atom. The average Bonchev–Trinajstić information content (AvgIpc) is 2.27. The number of thiol groups is 1. The third-order valence-electron chi connectivity index (χ3n) is 1.95. The van der Waals surface area contributed by atoms with Crippen LogP contribution in [-0.2, 0) is 0 Å². The molecule has 0 saturated heterocycles. The van der Waals surface area contributed by atoms with Gasteiger partial charge in [-0.05, 0) is 17.7 Å². The topological polar surface area (TPSA) is 78.5 Å². The third kappa shape index (κ3) is 2.62. The molecule has 0 aliphatic rings. The van der Waals surface area contributed by atoms with E-state index in [1.165, 1.54) is 0 Å². The van der Waals surface area contributed by atoms with Crippen LogP contribution in [0.25, 0.3) is 0 Å². The Kier molecular flexibility index (Phi) is 4.21. The molecule has 4 nitrogen and oxygen atoms in total. The van der Waals surface area contributed by atoms with Crippen molar-refractivity contribution in [2.75, 3.05) is 11.2 Å². The summed E-state index contributed by atoms with van der Waals surface area (Å²) < 4.78 is 0. The van der Waals surface area contributed by atoms with Gasteiger partial charge in [-0.25, -0.2) is 0 Å². The molecule has 1 rings (SSSR count). The van der Waals surface area contributed by atoms with E-state index in [-0.39, 0.29) is 5.75 Å². The summed E-state index contributed by atoms with van der Waals surface area (Å²) in [6.45, 7) is 0. The van der Waals surface area contributed by atoms with E-state index in [1.807, 2.05) is 0 Å². The smallest absolute Gasteiger partial charge is 0.106 e. The van der Waals surface area contributed by atoms with Crippen molar-refractivity contribution < 1.29 is 10.2 Å². The minimum absolute atomic E-state index is 0.210. The first-order valence-corrected chi connectivity index (χ1v) is 4.86. The highest BCUT2D eigenvalue weighted by molar-refractivity contribution is 7.80. The lowest BCUT2D eigenvalue weighted by molar-refractivity contribution is 0.0338. The molecule has 0 aliphatic carbocycles. The van der Waals surface area contributed by atoms with E-state index in [0.29, 0.717) is 11.3 Å². The Hall–Kier alpha value is -0.750. The number of nitrogen functional groups attached to an aromatic ring is 1. The van der Waals surface area contributed by atoms with Crippen LogP contribution in [0.4, 0.5) is 5.69 Å². The lowest BCUT2D eigenvalue weighted by atomic mass is 10.1. The number of hydrazine groups is 1. The van der Waals surface area contributed by atoms with Crippen molar-refractivity contribution in [3.05, 3.63) is 29.8 Å². The molecule has 2 unspecified atom stereocenters. The second-order valence-corrected chi connectivity index (χ2v) is 3.33. The maximum Gasteiger partial charge on any atom is 0.106 e. The van der Waals surface area contributed by atoms with Crippen LogP contribution >= 0.6 is 12.6 Å². The van der Waals surface area contributed by atoms with Gasteiger partial charge in [0, 0.05) is 11.4 Å². The average molecular weight is 214 g/mol. The molecule has 0 aromatic heterocycles. The fourth-order valence-electron chi connectivity index (χ4n) is 1.13. The van der Waals surface area contributed by atoms with Gasteiger partial charge in [0.25, 0.3) is 0 Å². The van der Waals surface area contributed by atoms with Crippen molar-refractivity contribution in [3.8, 4) is 0 Å². The van der Waals surface area contributed by atoms with Crippen LogP contribution in [0.3, 0.4) is 0 Å². The highest BCUT2D eigenvalue weighted by Crippen LogP contribution is 2.20. The fraction of sp³-hybridized carbons (Fsp3) is 0.333. The molecule has 0 amide bonds. The van der Waals surface area contributed by atoms with Crippen molar-refractivity contribution in [3.63, 3.8) is 0 Å². The Morgan fingerprint density at radius 3 is 2.71 bits per heavy atom. The molecule has 0 bridgehead atoms. The summed E-state index contributed by atoms with van der Waals surface area (Å²) in [7, 11) is 0. The van der Waals surface area contributed by atoms with E-state index in [0.717, 1.165) is 0 Å². The van der Waals surface area contributed by atoms with Crippen molar-refractivity contribution in [2.45, 2.75) is 12.2 Å². The van der Waals surface area contributed by atoms with Gasteiger partial charge in [-0.3, -0.25) is 5.84 Å². The van der Waals surface area contributed by atoms with Gasteiger partial charge in [-0.15, -0.1) is 0 Å². The number of benzene rings is 1. The zero-order valence-corrected chi connectivity index (χ0v) is 8.48. The zero-order chi connectivity index (χ0) is 10.6. The summed E-state index contributed by atoms with van der Waals surface area (Å²) in [5, 5.41) is 19.0. The Bertz CT molecular complexity index is 296. The van der Waals surface area contributed by atoms with Crippen molar-refractivity contribution >= 4 is 18.3 Å². The van der Waals surface area contributed by atoms with Crippen LogP contribution in [0.2, 0.25) is 0 Å². The summed E-state index contributed by atoms with van der Waals surface area (Å²) in [5.41, 5.74) is 3.77. The molecular weight excluding hydrogens is 200 g/mol. The molecule has 1 aromatic rings. The van der Waals surface area contributed by atoms with Gasteiger partial charge in [-0.1, -0.05) is 12.1 Å². The molecule has 0 heterocycles. The number of anilines is 1. The van der Waals surface area contributed by atoms with Gasteiger partial charge in [0.05, 0.1) is 6.10 Å². The van der Waals surface area contributed by atoms with Gasteiger partial charge in [0.2, 0.25) is 0 Å². The molecule has 5 heteroatoms. The molecule has 0 spiro atoms. The number of hydrogen-bond acceptors (Lipinski definition) is 5. The normalized spacial score (nSPS) is 14.9. The van der Waals surface area contributed by atoms with E-state index < -0.39 is 12.2 Å². The van der Waals surface area contributed by atoms with Crippen LogP contribution < -0.4 is 11.3 Å². The van der Waals surface area contributed by atoms with Crippen LogP contribution in [0.15, 0.2) is 24.3 Å². The summed E-state index contributed by atoms with van der Waals surface area (Å²) in [4.78, 5) is 0. The number of nitrogens with one attached hydrogen (secondary N) is 1. The summed E-state index contributed by atoms with van der Waals surface area (Å²) in [6, 6.07) is 6.91. The predicted molar refractivity (Wildman–Crippen MR) is 59.1 cm³/mol. The van der Waals surface area contributed by atoms with Crippen LogP contribution in [0, 0.1) is 0 Å². The maximum absolute atomic E-state index is 9.64. The molecule has 2 atom stereocenters. The lowest BCUT2D eigenvalue weighted by Crippen LogP contribution is -2.20. The fourth-order valence-corrected chi connectivity index (χ4v) is 1.33. The van der Waals surface area contributed by atoms with E-state index >= 15 is 0 Å². The van der Waals surface area contributed by atoms with Crippen LogP contribution in [0.1, 0.15) is 11.7 Å². The molecule has 0 radical (unpaired) electrons. The van der Waals surface area contributed by atoms with E-state index in [4.69, 9.17) is 5.84 Å². The quantitative estimate of drug-likeness (QED) is 0.284. The largest absolute Gasteiger partial charge is 0.389 e. The zero-order valence-electron chi connectivity index (χ0n) is 7.59. The minimum Gasteiger partial charge on any atom is -0.389 e. The highest BCUT2D eigenvalue weighted by atomic mass is 32.1. The second-order valence-electron chi connectivity index (χ2n) is 2.96. The summed E-state index contributed by atoms with van der Waals surface area (Å²) in [5.74, 6) is 5.43. The summed E-state index contributed by atoms with van der Waals surface area (Å²) >= 11 is 3.90. The van der Waals surface area contributed by atoms with Crippen molar-refractivity contribution in [2.24, 2.45) is 5.84 Å². The first kappa shape index (κ1) is 11.3. The van der Waals surface area contributed by atoms with Gasteiger partial charge in [0.15, 0.2) is 0 Å². The first-order valence-electron chi connectivity index (χ1n) is 4.22. The highest BCUT2D eigenvalue weighted by Gasteiger charge is 2.16. The number of rotatable bonds is 4. The molecule has 5 N–H and O–H groups in total. The van der Waals surface area contributed by atoms with Gasteiger partial charge in [-0.2, -0.15) is 12.6 Å². The molecule has 0 aliphatic heterocycles. The van der Waals surface area contributed by atoms with E-state index in [2.05, 4.69) is 18.1 Å².